The zero-order valence-corrected chi connectivity index (χ0v) is 14.9. The van der Waals surface area contributed by atoms with Crippen LogP contribution in [-0.4, -0.2) is 13.0 Å². The summed E-state index contributed by atoms with van der Waals surface area (Å²) in [6.45, 7) is 4.03. The van der Waals surface area contributed by atoms with Crippen molar-refractivity contribution in [2.75, 3.05) is 12.4 Å². The fraction of sp³-hybridized carbons (Fsp3) is 0.227. The van der Waals surface area contributed by atoms with E-state index in [-0.39, 0.29) is 11.8 Å². The van der Waals surface area contributed by atoms with Gasteiger partial charge in [-0.2, -0.15) is 0 Å². The maximum absolute atomic E-state index is 12.7. The fourth-order valence-electron chi connectivity index (χ4n) is 2.98. The van der Waals surface area contributed by atoms with E-state index in [9.17, 15) is 4.79 Å². The Bertz CT molecular complexity index is 901. The lowest BCUT2D eigenvalue weighted by atomic mass is 9.96. The molecule has 3 aromatic carbocycles. The van der Waals surface area contributed by atoms with E-state index in [0.717, 1.165) is 39.8 Å². The van der Waals surface area contributed by atoms with E-state index in [2.05, 4.69) is 18.3 Å². The number of anilines is 1. The molecule has 0 aliphatic heterocycles. The van der Waals surface area contributed by atoms with Gasteiger partial charge in [-0.1, -0.05) is 49.4 Å². The molecule has 0 aromatic heterocycles. The number of rotatable bonds is 5. The van der Waals surface area contributed by atoms with Crippen LogP contribution in [0, 0.1) is 0 Å². The average Bonchev–Trinajstić information content (AvgIpc) is 2.66. The molecular formula is C22H23NO2. The maximum atomic E-state index is 12.7. The van der Waals surface area contributed by atoms with Gasteiger partial charge in [0.2, 0.25) is 5.91 Å². The largest absolute Gasteiger partial charge is 0.497 e. The van der Waals surface area contributed by atoms with Crippen LogP contribution >= 0.6 is 0 Å². The summed E-state index contributed by atoms with van der Waals surface area (Å²) < 4.78 is 5.26. The van der Waals surface area contributed by atoms with Gasteiger partial charge >= 0.3 is 0 Å². The monoisotopic (exact) mass is 333 g/mol. The summed E-state index contributed by atoms with van der Waals surface area (Å²) in [5.41, 5.74) is 3.05. The highest BCUT2D eigenvalue weighted by Gasteiger charge is 2.16. The van der Waals surface area contributed by atoms with Gasteiger partial charge < -0.3 is 10.1 Å². The SMILES string of the molecule is CCc1ccccc1NC(=O)[C@@H](C)c1ccc2cc(OC)ccc2c1. The Balaban J connectivity index is 1.83. The zero-order chi connectivity index (χ0) is 17.8. The lowest BCUT2D eigenvalue weighted by molar-refractivity contribution is -0.117. The molecule has 0 aliphatic carbocycles. The Labute approximate surface area is 148 Å². The molecular weight excluding hydrogens is 310 g/mol. The highest BCUT2D eigenvalue weighted by atomic mass is 16.5. The Morgan fingerprint density at radius 2 is 1.76 bits per heavy atom. The van der Waals surface area contributed by atoms with Crippen LogP contribution < -0.4 is 10.1 Å². The molecule has 0 fully saturated rings. The molecule has 0 spiro atoms. The van der Waals surface area contributed by atoms with Gasteiger partial charge in [0.25, 0.3) is 0 Å². The summed E-state index contributed by atoms with van der Waals surface area (Å²) in [5, 5.41) is 5.27. The van der Waals surface area contributed by atoms with E-state index in [4.69, 9.17) is 4.74 Å². The summed E-state index contributed by atoms with van der Waals surface area (Å²) in [6.07, 6.45) is 0.892. The fourth-order valence-corrected chi connectivity index (χ4v) is 2.98. The molecule has 0 aliphatic rings. The zero-order valence-electron chi connectivity index (χ0n) is 14.9. The van der Waals surface area contributed by atoms with Gasteiger partial charge in [0.1, 0.15) is 5.75 Å². The minimum atomic E-state index is -0.226. The molecule has 3 heteroatoms. The van der Waals surface area contributed by atoms with Gasteiger partial charge in [-0.25, -0.2) is 0 Å². The van der Waals surface area contributed by atoms with Gasteiger partial charge in [-0.3, -0.25) is 4.79 Å². The number of ether oxygens (including phenoxy) is 1. The quantitative estimate of drug-likeness (QED) is 0.701. The molecule has 25 heavy (non-hydrogen) atoms. The van der Waals surface area contributed by atoms with Gasteiger partial charge in [-0.05, 0) is 53.4 Å². The third-order valence-electron chi connectivity index (χ3n) is 4.62. The first-order chi connectivity index (χ1) is 12.1. The first-order valence-corrected chi connectivity index (χ1v) is 8.59. The van der Waals surface area contributed by atoms with Crippen LogP contribution in [0.5, 0.6) is 5.75 Å². The van der Waals surface area contributed by atoms with Crippen molar-refractivity contribution in [3.63, 3.8) is 0 Å². The second kappa shape index (κ2) is 7.39. The van der Waals surface area contributed by atoms with E-state index in [0.29, 0.717) is 0 Å². The smallest absolute Gasteiger partial charge is 0.231 e. The number of para-hydroxylation sites is 1. The van der Waals surface area contributed by atoms with E-state index in [1.165, 1.54) is 0 Å². The predicted molar refractivity (Wildman–Crippen MR) is 103 cm³/mol. The minimum absolute atomic E-state index is 0.00811. The average molecular weight is 333 g/mol. The first-order valence-electron chi connectivity index (χ1n) is 8.59. The van der Waals surface area contributed by atoms with E-state index < -0.39 is 0 Å². The Kier molecular flexibility index (Phi) is 5.03. The summed E-state index contributed by atoms with van der Waals surface area (Å²) >= 11 is 0. The van der Waals surface area contributed by atoms with Crippen LogP contribution in [0.2, 0.25) is 0 Å². The molecule has 0 heterocycles. The first kappa shape index (κ1) is 17.0. The van der Waals surface area contributed by atoms with Crippen molar-refractivity contribution < 1.29 is 9.53 Å². The van der Waals surface area contributed by atoms with Crippen molar-refractivity contribution in [2.45, 2.75) is 26.2 Å². The van der Waals surface area contributed by atoms with Crippen LogP contribution in [0.15, 0.2) is 60.7 Å². The van der Waals surface area contributed by atoms with Crippen molar-refractivity contribution in [3.8, 4) is 5.75 Å². The number of nitrogens with one attached hydrogen (secondary N) is 1. The molecule has 0 radical (unpaired) electrons. The number of methoxy groups -OCH3 is 1. The summed E-state index contributed by atoms with van der Waals surface area (Å²) in [6, 6.07) is 20.0. The Morgan fingerprint density at radius 3 is 2.52 bits per heavy atom. The molecule has 3 rings (SSSR count). The normalized spacial score (nSPS) is 12.0. The molecule has 0 saturated heterocycles. The molecule has 128 valence electrons. The van der Waals surface area contributed by atoms with Crippen molar-refractivity contribution in [3.05, 3.63) is 71.8 Å². The number of hydrogen-bond donors (Lipinski definition) is 1. The molecule has 0 unspecified atom stereocenters. The van der Waals surface area contributed by atoms with Gasteiger partial charge in [-0.15, -0.1) is 0 Å². The predicted octanol–water partition coefficient (Wildman–Crippen LogP) is 5.15. The molecule has 1 N–H and O–H groups in total. The molecule has 1 amide bonds. The topological polar surface area (TPSA) is 38.3 Å². The van der Waals surface area contributed by atoms with E-state index >= 15 is 0 Å². The second-order valence-corrected chi connectivity index (χ2v) is 6.19. The third kappa shape index (κ3) is 3.66. The summed E-state index contributed by atoms with van der Waals surface area (Å²) in [4.78, 5) is 12.7. The number of amides is 1. The highest BCUT2D eigenvalue weighted by molar-refractivity contribution is 5.97. The molecule has 0 bridgehead atoms. The highest BCUT2D eigenvalue weighted by Crippen LogP contribution is 2.26. The number of aryl methyl sites for hydroxylation is 1. The number of carbonyl (C=O) groups excluding carboxylic acids is 1. The van der Waals surface area contributed by atoms with Crippen LogP contribution in [0.3, 0.4) is 0 Å². The van der Waals surface area contributed by atoms with Gasteiger partial charge in [0, 0.05) is 5.69 Å². The van der Waals surface area contributed by atoms with Crippen LogP contribution in [-0.2, 0) is 11.2 Å². The summed E-state index contributed by atoms with van der Waals surface area (Å²) in [7, 11) is 1.66. The van der Waals surface area contributed by atoms with Gasteiger partial charge in [0.15, 0.2) is 0 Å². The van der Waals surface area contributed by atoms with Gasteiger partial charge in [0.05, 0.1) is 13.0 Å². The lowest BCUT2D eigenvalue weighted by Crippen LogP contribution is -2.19. The second-order valence-electron chi connectivity index (χ2n) is 6.19. The molecule has 3 aromatic rings. The van der Waals surface area contributed by atoms with Crippen molar-refractivity contribution >= 4 is 22.4 Å². The molecule has 3 nitrogen and oxygen atoms in total. The maximum Gasteiger partial charge on any atom is 0.231 e. The molecule has 1 atom stereocenters. The van der Waals surface area contributed by atoms with E-state index in [1.54, 1.807) is 7.11 Å². The number of fused-ring (bicyclic) bond motifs is 1. The number of benzene rings is 3. The Hall–Kier alpha value is -2.81. The van der Waals surface area contributed by atoms with Crippen LogP contribution in [0.4, 0.5) is 5.69 Å². The standard InChI is InChI=1S/C22H23NO2/c1-4-16-7-5-6-8-21(16)23-22(24)15(2)17-9-10-19-14-20(25-3)12-11-18(19)13-17/h5-15H,4H2,1-3H3,(H,23,24)/t15-/m0/s1. The van der Waals surface area contributed by atoms with Crippen molar-refractivity contribution in [2.24, 2.45) is 0 Å². The Morgan fingerprint density at radius 1 is 1.04 bits per heavy atom. The third-order valence-corrected chi connectivity index (χ3v) is 4.62. The van der Waals surface area contributed by atoms with Crippen molar-refractivity contribution in [1.29, 1.82) is 0 Å². The number of carbonyl (C=O) groups is 1. The summed E-state index contributed by atoms with van der Waals surface area (Å²) in [5.74, 6) is 0.618. The number of hydrogen-bond acceptors (Lipinski definition) is 2. The van der Waals surface area contributed by atoms with Crippen molar-refractivity contribution in [1.82, 2.24) is 0 Å². The van der Waals surface area contributed by atoms with Crippen LogP contribution in [0.25, 0.3) is 10.8 Å². The van der Waals surface area contributed by atoms with E-state index in [1.807, 2.05) is 61.5 Å². The minimum Gasteiger partial charge on any atom is -0.497 e. The lowest BCUT2D eigenvalue weighted by Gasteiger charge is -2.15. The van der Waals surface area contributed by atoms with Crippen LogP contribution in [0.1, 0.15) is 30.9 Å². The molecule has 0 saturated carbocycles.